The molecule has 214 valence electrons. The first-order valence-corrected chi connectivity index (χ1v) is 15.9. The van der Waals surface area contributed by atoms with Gasteiger partial charge in [-0.15, -0.1) is 0 Å². The summed E-state index contributed by atoms with van der Waals surface area (Å²) in [6.45, 7) is 3.67. The zero-order chi connectivity index (χ0) is 29.3. The van der Waals surface area contributed by atoms with E-state index in [2.05, 4.69) is 21.2 Å². The van der Waals surface area contributed by atoms with Crippen LogP contribution in [0.3, 0.4) is 0 Å². The largest absolute Gasteiger partial charge is 0.354 e. The second-order valence-corrected chi connectivity index (χ2v) is 12.7. The number of amides is 2. The van der Waals surface area contributed by atoms with E-state index in [4.69, 9.17) is 23.2 Å². The van der Waals surface area contributed by atoms with Gasteiger partial charge in [-0.1, -0.05) is 83.7 Å². The lowest BCUT2D eigenvalue weighted by Crippen LogP contribution is -2.52. The molecule has 7 nitrogen and oxygen atoms in total. The fourth-order valence-electron chi connectivity index (χ4n) is 4.14. The molecule has 0 aliphatic carbocycles. The molecule has 0 spiro atoms. The summed E-state index contributed by atoms with van der Waals surface area (Å²) in [6, 6.07) is 18.7. The fraction of sp³-hybridized carbons (Fsp3) is 0.310. The van der Waals surface area contributed by atoms with E-state index < -0.39 is 28.5 Å². The molecule has 0 radical (unpaired) electrons. The molecule has 0 heterocycles. The van der Waals surface area contributed by atoms with Gasteiger partial charge in [-0.2, -0.15) is 0 Å². The van der Waals surface area contributed by atoms with Gasteiger partial charge in [0.05, 0.1) is 10.6 Å². The van der Waals surface area contributed by atoms with Gasteiger partial charge in [0.15, 0.2) is 0 Å². The quantitative estimate of drug-likeness (QED) is 0.206. The van der Waals surface area contributed by atoms with E-state index in [9.17, 15) is 18.0 Å². The van der Waals surface area contributed by atoms with Gasteiger partial charge in [0.2, 0.25) is 11.8 Å². The highest BCUT2D eigenvalue weighted by atomic mass is 79.9. The van der Waals surface area contributed by atoms with Crippen LogP contribution in [0.15, 0.2) is 82.2 Å². The zero-order valence-corrected chi connectivity index (χ0v) is 26.2. The Morgan fingerprint density at radius 3 is 2.12 bits per heavy atom. The predicted octanol–water partition coefficient (Wildman–Crippen LogP) is 6.67. The zero-order valence-electron chi connectivity index (χ0n) is 22.3. The Bertz CT molecular complexity index is 1390. The minimum absolute atomic E-state index is 0.0377. The van der Waals surface area contributed by atoms with Crippen molar-refractivity contribution in [3.8, 4) is 0 Å². The van der Waals surface area contributed by atoms with Crippen LogP contribution in [0.2, 0.25) is 10.0 Å². The van der Waals surface area contributed by atoms with Gasteiger partial charge in [0, 0.05) is 33.2 Å². The molecule has 0 bridgehead atoms. The van der Waals surface area contributed by atoms with Gasteiger partial charge in [0.25, 0.3) is 10.0 Å². The Balaban J connectivity index is 2.06. The van der Waals surface area contributed by atoms with Crippen LogP contribution in [0, 0.1) is 0 Å². The van der Waals surface area contributed by atoms with Crippen molar-refractivity contribution in [1.82, 2.24) is 10.2 Å². The average Bonchev–Trinajstić information content (AvgIpc) is 2.94. The molecular weight excluding hydrogens is 637 g/mol. The normalized spacial score (nSPS) is 12.0. The average molecular weight is 669 g/mol. The number of carbonyl (C=O) groups excluding carboxylic acids is 2. The lowest BCUT2D eigenvalue weighted by Gasteiger charge is -2.33. The van der Waals surface area contributed by atoms with E-state index in [-0.39, 0.29) is 17.3 Å². The number of halogens is 3. The Morgan fingerprint density at radius 2 is 1.55 bits per heavy atom. The van der Waals surface area contributed by atoms with Gasteiger partial charge in [-0.05, 0) is 61.4 Å². The van der Waals surface area contributed by atoms with Gasteiger partial charge >= 0.3 is 0 Å². The molecule has 1 unspecified atom stereocenters. The van der Waals surface area contributed by atoms with E-state index in [1.807, 2.05) is 6.92 Å². The number of nitrogens with one attached hydrogen (secondary N) is 1. The van der Waals surface area contributed by atoms with Gasteiger partial charge in [-0.3, -0.25) is 13.9 Å². The molecule has 0 saturated heterocycles. The highest BCUT2D eigenvalue weighted by Crippen LogP contribution is 2.29. The van der Waals surface area contributed by atoms with E-state index in [0.29, 0.717) is 34.3 Å². The molecule has 1 atom stereocenters. The van der Waals surface area contributed by atoms with Crippen LogP contribution in [-0.2, 0) is 26.2 Å². The van der Waals surface area contributed by atoms with Crippen LogP contribution in [0.5, 0.6) is 0 Å². The number of nitrogens with zero attached hydrogens (tertiary/aromatic N) is 2. The standard InChI is InChI=1S/C29H32BrCl2N3O4S/c1-3-5-18-33-29(37)27(4-2)34(19-24-25(31)12-9-13-26(24)32)28(36)20-35(22-16-14-21(30)15-17-22)40(38,39)23-10-7-6-8-11-23/h6-17,27H,3-5,18-20H2,1-2H3,(H,33,37). The van der Waals surface area contributed by atoms with Crippen molar-refractivity contribution < 1.29 is 18.0 Å². The summed E-state index contributed by atoms with van der Waals surface area (Å²) in [5.74, 6) is -0.899. The van der Waals surface area contributed by atoms with Gasteiger partial charge in [-0.25, -0.2) is 8.42 Å². The van der Waals surface area contributed by atoms with Crippen molar-refractivity contribution in [2.75, 3.05) is 17.4 Å². The topological polar surface area (TPSA) is 86.8 Å². The number of anilines is 1. The molecule has 0 aliphatic rings. The number of benzene rings is 3. The van der Waals surface area contributed by atoms with Crippen molar-refractivity contribution in [3.63, 3.8) is 0 Å². The summed E-state index contributed by atoms with van der Waals surface area (Å²) in [7, 11) is -4.14. The molecule has 0 fully saturated rings. The third-order valence-corrected chi connectivity index (χ3v) is 9.36. The lowest BCUT2D eigenvalue weighted by atomic mass is 10.1. The van der Waals surface area contributed by atoms with Crippen molar-refractivity contribution in [3.05, 3.63) is 92.9 Å². The van der Waals surface area contributed by atoms with Gasteiger partial charge < -0.3 is 10.2 Å². The highest BCUT2D eigenvalue weighted by Gasteiger charge is 2.34. The molecule has 0 aliphatic heterocycles. The van der Waals surface area contributed by atoms with E-state index >= 15 is 0 Å². The number of unbranched alkanes of at least 4 members (excludes halogenated alkanes) is 1. The first-order valence-electron chi connectivity index (χ1n) is 12.9. The smallest absolute Gasteiger partial charge is 0.264 e. The molecule has 11 heteroatoms. The number of hydrogen-bond acceptors (Lipinski definition) is 4. The van der Waals surface area contributed by atoms with Crippen molar-refractivity contribution in [2.45, 2.75) is 50.6 Å². The summed E-state index contributed by atoms with van der Waals surface area (Å²) in [5, 5.41) is 3.58. The monoisotopic (exact) mass is 667 g/mol. The number of sulfonamides is 1. The second-order valence-electron chi connectivity index (χ2n) is 9.09. The molecule has 0 saturated carbocycles. The fourth-order valence-corrected chi connectivity index (χ4v) is 6.35. The maximum absolute atomic E-state index is 14.1. The molecule has 0 aromatic heterocycles. The Kier molecular flexibility index (Phi) is 11.9. The van der Waals surface area contributed by atoms with Crippen molar-refractivity contribution >= 4 is 66.7 Å². The number of rotatable bonds is 13. The maximum Gasteiger partial charge on any atom is 0.264 e. The highest BCUT2D eigenvalue weighted by molar-refractivity contribution is 9.10. The molecule has 40 heavy (non-hydrogen) atoms. The van der Waals surface area contributed by atoms with Crippen molar-refractivity contribution in [1.29, 1.82) is 0 Å². The predicted molar refractivity (Wildman–Crippen MR) is 164 cm³/mol. The van der Waals surface area contributed by atoms with E-state index in [0.717, 1.165) is 21.6 Å². The SMILES string of the molecule is CCCCNC(=O)C(CC)N(Cc1c(Cl)cccc1Cl)C(=O)CN(c1ccc(Br)cc1)S(=O)(=O)c1ccccc1. The minimum atomic E-state index is -4.14. The number of hydrogen-bond donors (Lipinski definition) is 1. The molecule has 2 amide bonds. The van der Waals surface area contributed by atoms with Crippen LogP contribution >= 0.6 is 39.1 Å². The van der Waals surface area contributed by atoms with Crippen LogP contribution in [0.4, 0.5) is 5.69 Å². The summed E-state index contributed by atoms with van der Waals surface area (Å²) < 4.78 is 29.4. The third-order valence-electron chi connectivity index (χ3n) is 6.33. The summed E-state index contributed by atoms with van der Waals surface area (Å²) in [4.78, 5) is 28.7. The summed E-state index contributed by atoms with van der Waals surface area (Å²) >= 11 is 16.3. The third kappa shape index (κ3) is 8.00. The Labute approximate surface area is 254 Å². The Hall–Kier alpha value is -2.59. The van der Waals surface area contributed by atoms with Crippen LogP contribution < -0.4 is 9.62 Å². The maximum atomic E-state index is 14.1. The lowest BCUT2D eigenvalue weighted by molar-refractivity contribution is -0.140. The van der Waals surface area contributed by atoms with Crippen LogP contribution in [-0.4, -0.2) is 44.3 Å². The molecule has 3 rings (SSSR count). The molecule has 1 N–H and O–H groups in total. The molecule has 3 aromatic carbocycles. The van der Waals surface area contributed by atoms with E-state index in [1.54, 1.807) is 67.6 Å². The van der Waals surface area contributed by atoms with Crippen molar-refractivity contribution in [2.24, 2.45) is 0 Å². The minimum Gasteiger partial charge on any atom is -0.354 e. The van der Waals surface area contributed by atoms with E-state index in [1.165, 1.54) is 17.0 Å². The number of carbonyl (C=O) groups is 2. The summed E-state index contributed by atoms with van der Waals surface area (Å²) in [6.07, 6.45) is 1.99. The van der Waals surface area contributed by atoms with Crippen LogP contribution in [0.25, 0.3) is 0 Å². The first-order chi connectivity index (χ1) is 19.1. The Morgan fingerprint density at radius 1 is 0.925 bits per heavy atom. The van der Waals surface area contributed by atoms with Crippen LogP contribution in [0.1, 0.15) is 38.7 Å². The summed E-state index contributed by atoms with van der Waals surface area (Å²) in [5.41, 5.74) is 0.775. The van der Waals surface area contributed by atoms with Gasteiger partial charge in [0.1, 0.15) is 12.6 Å². The first kappa shape index (κ1) is 31.9. The molecule has 3 aromatic rings. The second kappa shape index (κ2) is 14.9. The molecular formula is C29H32BrCl2N3O4S.